The number of urea groups is 1. The van der Waals surface area contributed by atoms with Crippen LogP contribution in [0.2, 0.25) is 5.02 Å². The summed E-state index contributed by atoms with van der Waals surface area (Å²) in [5.41, 5.74) is 3.72. The Morgan fingerprint density at radius 2 is 1.90 bits per heavy atom. The van der Waals surface area contributed by atoms with Gasteiger partial charge in [0.25, 0.3) is 0 Å². The van der Waals surface area contributed by atoms with E-state index >= 15 is 0 Å². The molecule has 0 radical (unpaired) electrons. The number of nitrogens with one attached hydrogen (secondary N) is 2. The van der Waals surface area contributed by atoms with Crippen LogP contribution in [0.3, 0.4) is 0 Å². The number of nitrogens with zero attached hydrogens (tertiary/aromatic N) is 2. The molecule has 0 atom stereocenters. The standard InChI is InChI=1S/C20H23ClN4O4S/c1-5-29-19(27)16-12(2)17(15(26)11-25(3)4)30-18(16)23-20(28)24-22-10-13-6-8-14(21)9-7-13/h6-10H,5,11H2,1-4H3,(H2,23,24,28)/b22-10+. The van der Waals surface area contributed by atoms with Crippen molar-refractivity contribution in [2.45, 2.75) is 13.8 Å². The number of ether oxygens (including phenoxy) is 1. The minimum Gasteiger partial charge on any atom is -0.462 e. The Kier molecular flexibility index (Phi) is 8.52. The topological polar surface area (TPSA) is 100 Å². The summed E-state index contributed by atoms with van der Waals surface area (Å²) in [6, 6.07) is 6.24. The van der Waals surface area contributed by atoms with E-state index in [-0.39, 0.29) is 29.5 Å². The van der Waals surface area contributed by atoms with Gasteiger partial charge in [0.05, 0.1) is 29.8 Å². The molecule has 0 saturated carbocycles. The molecule has 1 aromatic carbocycles. The van der Waals surface area contributed by atoms with Gasteiger partial charge in [0.2, 0.25) is 0 Å². The van der Waals surface area contributed by atoms with Gasteiger partial charge in [-0.15, -0.1) is 11.3 Å². The van der Waals surface area contributed by atoms with Crippen LogP contribution in [-0.2, 0) is 4.74 Å². The van der Waals surface area contributed by atoms with Gasteiger partial charge in [-0.1, -0.05) is 23.7 Å². The average Bonchev–Trinajstić information content (AvgIpc) is 2.99. The molecule has 30 heavy (non-hydrogen) atoms. The van der Waals surface area contributed by atoms with E-state index in [4.69, 9.17) is 16.3 Å². The number of hydrogen-bond donors (Lipinski definition) is 2. The SMILES string of the molecule is CCOC(=O)c1c(NC(=O)N/N=C/c2ccc(Cl)cc2)sc(C(=O)CN(C)C)c1C. The molecule has 0 spiro atoms. The number of benzene rings is 1. The van der Waals surface area contributed by atoms with Crippen molar-refractivity contribution in [2.24, 2.45) is 5.10 Å². The van der Waals surface area contributed by atoms with E-state index in [9.17, 15) is 14.4 Å². The molecular weight excluding hydrogens is 428 g/mol. The third-order valence-corrected chi connectivity index (χ3v) is 5.32. The van der Waals surface area contributed by atoms with Crippen molar-refractivity contribution < 1.29 is 19.1 Å². The minimum absolute atomic E-state index is 0.151. The summed E-state index contributed by atoms with van der Waals surface area (Å²) in [4.78, 5) is 39.3. The van der Waals surface area contributed by atoms with Gasteiger partial charge in [-0.05, 0) is 51.2 Å². The summed E-state index contributed by atoms with van der Waals surface area (Å²) < 4.78 is 5.09. The normalized spacial score (nSPS) is 11.0. The number of rotatable bonds is 8. The van der Waals surface area contributed by atoms with E-state index in [1.807, 2.05) is 0 Å². The van der Waals surface area contributed by atoms with Crippen molar-refractivity contribution in [3.8, 4) is 0 Å². The van der Waals surface area contributed by atoms with Crippen molar-refractivity contribution in [1.29, 1.82) is 0 Å². The lowest BCUT2D eigenvalue weighted by Gasteiger charge is -2.07. The lowest BCUT2D eigenvalue weighted by atomic mass is 10.1. The molecule has 160 valence electrons. The molecule has 0 aliphatic heterocycles. The summed E-state index contributed by atoms with van der Waals surface area (Å²) >= 11 is 6.86. The molecule has 2 aromatic rings. The quantitative estimate of drug-likeness (QED) is 0.276. The first-order valence-corrected chi connectivity index (χ1v) is 10.3. The van der Waals surface area contributed by atoms with E-state index in [1.165, 1.54) is 6.21 Å². The highest BCUT2D eigenvalue weighted by atomic mass is 35.5. The number of hydrazone groups is 1. The third kappa shape index (κ3) is 6.38. The Balaban J connectivity index is 2.19. The van der Waals surface area contributed by atoms with Crippen LogP contribution in [0.4, 0.5) is 9.80 Å². The number of esters is 1. The van der Waals surface area contributed by atoms with Crippen molar-refractivity contribution >= 4 is 51.9 Å². The molecule has 0 bridgehead atoms. The number of hydrogen-bond acceptors (Lipinski definition) is 7. The number of ketones is 1. The molecule has 1 aromatic heterocycles. The molecule has 1 heterocycles. The Morgan fingerprint density at radius 3 is 2.50 bits per heavy atom. The van der Waals surface area contributed by atoms with E-state index < -0.39 is 12.0 Å². The second-order valence-electron chi connectivity index (χ2n) is 6.52. The van der Waals surface area contributed by atoms with Crippen LogP contribution >= 0.6 is 22.9 Å². The van der Waals surface area contributed by atoms with Crippen LogP contribution < -0.4 is 10.7 Å². The second kappa shape index (κ2) is 10.9. The zero-order chi connectivity index (χ0) is 22.3. The van der Waals surface area contributed by atoms with Gasteiger partial charge < -0.3 is 9.64 Å². The number of carbonyl (C=O) groups excluding carboxylic acids is 3. The Bertz CT molecular complexity index is 954. The summed E-state index contributed by atoms with van der Waals surface area (Å²) in [6.07, 6.45) is 1.45. The molecule has 0 unspecified atom stereocenters. The van der Waals surface area contributed by atoms with Gasteiger partial charge in [0.1, 0.15) is 5.00 Å². The van der Waals surface area contributed by atoms with Gasteiger partial charge in [-0.2, -0.15) is 5.10 Å². The maximum Gasteiger partial charge on any atom is 0.341 e. The van der Waals surface area contributed by atoms with Crippen molar-refractivity contribution in [2.75, 3.05) is 32.6 Å². The first-order valence-electron chi connectivity index (χ1n) is 9.07. The van der Waals surface area contributed by atoms with Crippen LogP contribution in [0.25, 0.3) is 0 Å². The summed E-state index contributed by atoms with van der Waals surface area (Å²) in [5.74, 6) is -0.752. The molecule has 2 rings (SSSR count). The highest BCUT2D eigenvalue weighted by molar-refractivity contribution is 7.18. The Hall–Kier alpha value is -2.75. The van der Waals surface area contributed by atoms with E-state index in [0.717, 1.165) is 16.9 Å². The predicted octanol–water partition coefficient (Wildman–Crippen LogP) is 3.79. The molecule has 0 saturated heterocycles. The van der Waals surface area contributed by atoms with Crippen LogP contribution in [-0.4, -0.2) is 56.1 Å². The maximum atomic E-state index is 12.5. The third-order valence-electron chi connectivity index (χ3n) is 3.82. The number of carbonyl (C=O) groups is 3. The molecule has 2 N–H and O–H groups in total. The average molecular weight is 451 g/mol. The molecule has 0 aliphatic rings. The number of amides is 2. The fourth-order valence-corrected chi connectivity index (χ4v) is 3.77. The lowest BCUT2D eigenvalue weighted by molar-refractivity contribution is 0.0527. The highest BCUT2D eigenvalue weighted by Gasteiger charge is 2.26. The molecule has 8 nitrogen and oxygen atoms in total. The summed E-state index contributed by atoms with van der Waals surface area (Å²) in [6.45, 7) is 3.70. The summed E-state index contributed by atoms with van der Waals surface area (Å²) in [7, 11) is 3.55. The maximum absolute atomic E-state index is 12.5. The van der Waals surface area contributed by atoms with Crippen LogP contribution in [0.15, 0.2) is 29.4 Å². The predicted molar refractivity (Wildman–Crippen MR) is 119 cm³/mol. The van der Waals surface area contributed by atoms with Gasteiger partial charge >= 0.3 is 12.0 Å². The zero-order valence-corrected chi connectivity index (χ0v) is 18.7. The highest BCUT2D eigenvalue weighted by Crippen LogP contribution is 2.34. The molecular formula is C20H23ClN4O4S. The molecule has 10 heteroatoms. The van der Waals surface area contributed by atoms with Gasteiger partial charge in [0, 0.05) is 5.02 Å². The first kappa shape index (κ1) is 23.5. The molecule has 0 fully saturated rings. The van der Waals surface area contributed by atoms with Crippen molar-refractivity contribution in [3.63, 3.8) is 0 Å². The van der Waals surface area contributed by atoms with Crippen molar-refractivity contribution in [3.05, 3.63) is 50.9 Å². The minimum atomic E-state index is -0.654. The smallest absolute Gasteiger partial charge is 0.341 e. The zero-order valence-electron chi connectivity index (χ0n) is 17.1. The van der Waals surface area contributed by atoms with E-state index in [2.05, 4.69) is 15.8 Å². The fraction of sp³-hybridized carbons (Fsp3) is 0.300. The largest absolute Gasteiger partial charge is 0.462 e. The Labute approximate surface area is 183 Å². The second-order valence-corrected chi connectivity index (χ2v) is 7.97. The molecule has 0 aliphatic carbocycles. The summed E-state index contributed by atoms with van der Waals surface area (Å²) in [5, 5.41) is 7.27. The van der Waals surface area contributed by atoms with Crippen LogP contribution in [0.5, 0.6) is 0 Å². The van der Waals surface area contributed by atoms with Gasteiger partial charge in [-0.3, -0.25) is 10.1 Å². The number of likely N-dealkylation sites (N-methyl/N-ethyl adjacent to an activating group) is 1. The number of thiophene rings is 1. The van der Waals surface area contributed by atoms with Crippen LogP contribution in [0, 0.1) is 6.92 Å². The Morgan fingerprint density at radius 1 is 1.23 bits per heavy atom. The van der Waals surface area contributed by atoms with E-state index in [1.54, 1.807) is 57.1 Å². The first-order chi connectivity index (χ1) is 14.2. The van der Waals surface area contributed by atoms with Gasteiger partial charge in [0.15, 0.2) is 5.78 Å². The lowest BCUT2D eigenvalue weighted by Crippen LogP contribution is -2.24. The number of anilines is 1. The van der Waals surface area contributed by atoms with Crippen LogP contribution in [0.1, 0.15) is 38.1 Å². The van der Waals surface area contributed by atoms with Gasteiger partial charge in [-0.25, -0.2) is 15.0 Å². The van der Waals surface area contributed by atoms with E-state index in [0.29, 0.717) is 15.5 Å². The molecule has 2 amide bonds. The monoisotopic (exact) mass is 450 g/mol. The number of Topliss-reactive ketones (excluding diaryl/α,β-unsaturated/α-hetero) is 1. The fourth-order valence-electron chi connectivity index (χ4n) is 2.52. The van der Waals surface area contributed by atoms with Crippen molar-refractivity contribution in [1.82, 2.24) is 10.3 Å². The number of halogens is 1.